The highest BCUT2D eigenvalue weighted by molar-refractivity contribution is 7.52. The van der Waals surface area contributed by atoms with E-state index in [2.05, 4.69) is 16.4 Å². The quantitative estimate of drug-likeness (QED) is 0.480. The minimum atomic E-state index is -3.49. The fourth-order valence-corrected chi connectivity index (χ4v) is 1.06. The Morgan fingerprint density at radius 3 is 2.83 bits per heavy atom. The van der Waals surface area contributed by atoms with Crippen LogP contribution in [0.25, 0.3) is 0 Å². The van der Waals surface area contributed by atoms with Crippen LogP contribution in [-0.4, -0.2) is 30.6 Å². The molecule has 1 atom stereocenters. The molecule has 70 valence electrons. The third-order valence-corrected chi connectivity index (χ3v) is 2.52. The largest absolute Gasteiger partial charge is 0.352 e. The predicted molar refractivity (Wildman–Crippen MR) is 44.9 cm³/mol. The van der Waals surface area contributed by atoms with Crippen molar-refractivity contribution >= 4 is 13.5 Å². The molecule has 0 rings (SSSR count). The molecular formula is C6H12NO4P. The number of amides is 1. The molecule has 0 fully saturated rings. The summed E-state index contributed by atoms with van der Waals surface area (Å²) >= 11 is 0. The lowest BCUT2D eigenvalue weighted by atomic mass is 10.6. The van der Waals surface area contributed by atoms with Crippen LogP contribution in [0.3, 0.4) is 0 Å². The second kappa shape index (κ2) is 5.09. The average molecular weight is 193 g/mol. The first kappa shape index (κ1) is 11.4. The van der Waals surface area contributed by atoms with E-state index in [9.17, 15) is 9.36 Å². The maximum Gasteiger partial charge on any atom is 0.329 e. The molecule has 2 N–H and O–H groups in total. The molecule has 0 saturated heterocycles. The fourth-order valence-electron chi connectivity index (χ4n) is 0.484. The minimum absolute atomic E-state index is 0.0942. The van der Waals surface area contributed by atoms with Crippen LogP contribution in [0, 0.1) is 0 Å². The fraction of sp³-hybridized carbons (Fsp3) is 0.500. The number of hydrogen-bond acceptors (Lipinski definition) is 3. The Morgan fingerprint density at radius 1 is 1.83 bits per heavy atom. The van der Waals surface area contributed by atoms with E-state index in [1.807, 2.05) is 0 Å². The average Bonchev–Trinajstić information content (AvgIpc) is 2.04. The van der Waals surface area contributed by atoms with Gasteiger partial charge >= 0.3 is 7.60 Å². The molecular weight excluding hydrogens is 181 g/mol. The Bertz CT molecular complexity index is 216. The van der Waals surface area contributed by atoms with Crippen molar-refractivity contribution in [3.63, 3.8) is 0 Å². The van der Waals surface area contributed by atoms with Crippen LogP contribution in [0.2, 0.25) is 0 Å². The summed E-state index contributed by atoms with van der Waals surface area (Å²) in [5, 5.41) is 2.35. The molecule has 0 aromatic carbocycles. The molecule has 0 radical (unpaired) electrons. The number of nitrogens with one attached hydrogen (secondary N) is 1. The first-order chi connectivity index (χ1) is 5.52. The Hall–Kier alpha value is -0.640. The van der Waals surface area contributed by atoms with Crippen molar-refractivity contribution in [2.45, 2.75) is 0 Å². The molecule has 0 spiro atoms. The third-order valence-electron chi connectivity index (χ3n) is 1.16. The molecule has 1 amide bonds. The van der Waals surface area contributed by atoms with E-state index in [-0.39, 0.29) is 18.6 Å². The number of hydrogen-bond donors (Lipinski definition) is 2. The van der Waals surface area contributed by atoms with Gasteiger partial charge in [-0.1, -0.05) is 6.58 Å². The predicted octanol–water partition coefficient (Wildman–Crippen LogP) is 0.120. The molecule has 6 heteroatoms. The molecule has 0 aliphatic carbocycles. The SMILES string of the molecule is C=CC(=O)NCCP(=O)(O)OC. The first-order valence-corrected chi connectivity index (χ1v) is 5.06. The van der Waals surface area contributed by atoms with E-state index in [4.69, 9.17) is 4.89 Å². The van der Waals surface area contributed by atoms with Gasteiger partial charge in [-0.15, -0.1) is 0 Å². The van der Waals surface area contributed by atoms with Crippen LogP contribution in [0.15, 0.2) is 12.7 Å². The molecule has 5 nitrogen and oxygen atoms in total. The maximum absolute atomic E-state index is 10.8. The van der Waals surface area contributed by atoms with E-state index in [1.165, 1.54) is 0 Å². The summed E-state index contributed by atoms with van der Waals surface area (Å²) in [5.41, 5.74) is 0. The Kier molecular flexibility index (Phi) is 4.81. The van der Waals surface area contributed by atoms with Gasteiger partial charge in [-0.05, 0) is 6.08 Å². The molecule has 0 aliphatic rings. The molecule has 1 unspecified atom stereocenters. The summed E-state index contributed by atoms with van der Waals surface area (Å²) in [6.07, 6.45) is 0.998. The van der Waals surface area contributed by atoms with Gasteiger partial charge in [0.15, 0.2) is 0 Å². The van der Waals surface area contributed by atoms with Gasteiger partial charge in [-0.25, -0.2) is 0 Å². The summed E-state index contributed by atoms with van der Waals surface area (Å²) in [6, 6.07) is 0. The number of rotatable bonds is 5. The van der Waals surface area contributed by atoms with Crippen molar-refractivity contribution in [2.24, 2.45) is 0 Å². The maximum atomic E-state index is 10.8. The second-order valence-electron chi connectivity index (χ2n) is 2.04. The van der Waals surface area contributed by atoms with Gasteiger partial charge in [-0.2, -0.15) is 0 Å². The summed E-state index contributed by atoms with van der Waals surface area (Å²) in [4.78, 5) is 19.4. The van der Waals surface area contributed by atoms with Gasteiger partial charge in [0.05, 0.1) is 6.16 Å². The van der Waals surface area contributed by atoms with E-state index >= 15 is 0 Å². The summed E-state index contributed by atoms with van der Waals surface area (Å²) in [7, 11) is -2.34. The summed E-state index contributed by atoms with van der Waals surface area (Å²) in [6.45, 7) is 3.32. The monoisotopic (exact) mass is 193 g/mol. The van der Waals surface area contributed by atoms with Gasteiger partial charge in [0.25, 0.3) is 0 Å². The Morgan fingerprint density at radius 2 is 2.42 bits per heavy atom. The molecule has 0 heterocycles. The lowest BCUT2D eigenvalue weighted by Crippen LogP contribution is -2.24. The van der Waals surface area contributed by atoms with Crippen molar-refractivity contribution in [2.75, 3.05) is 19.8 Å². The van der Waals surface area contributed by atoms with Gasteiger partial charge in [0.2, 0.25) is 5.91 Å². The van der Waals surface area contributed by atoms with E-state index in [1.54, 1.807) is 0 Å². The van der Waals surface area contributed by atoms with Crippen LogP contribution in [0.4, 0.5) is 0 Å². The molecule has 0 aromatic heterocycles. The first-order valence-electron chi connectivity index (χ1n) is 3.29. The zero-order valence-corrected chi connectivity index (χ0v) is 7.71. The number of carbonyl (C=O) groups is 1. The summed E-state index contributed by atoms with van der Waals surface area (Å²) < 4.78 is 15.1. The lowest BCUT2D eigenvalue weighted by Gasteiger charge is -2.07. The van der Waals surface area contributed by atoms with Crippen LogP contribution >= 0.6 is 7.60 Å². The molecule has 0 aromatic rings. The third kappa shape index (κ3) is 5.07. The summed E-state index contributed by atoms with van der Waals surface area (Å²) in [5.74, 6) is -0.369. The van der Waals surface area contributed by atoms with Gasteiger partial charge in [-0.3, -0.25) is 9.36 Å². The van der Waals surface area contributed by atoms with Crippen molar-refractivity contribution < 1.29 is 18.8 Å². The van der Waals surface area contributed by atoms with E-state index < -0.39 is 7.60 Å². The second-order valence-corrected chi connectivity index (χ2v) is 4.13. The van der Waals surface area contributed by atoms with Crippen LogP contribution < -0.4 is 5.32 Å². The molecule has 12 heavy (non-hydrogen) atoms. The van der Waals surface area contributed by atoms with Crippen molar-refractivity contribution in [1.82, 2.24) is 5.32 Å². The highest BCUT2D eigenvalue weighted by atomic mass is 31.2. The van der Waals surface area contributed by atoms with Gasteiger partial charge in [0, 0.05) is 13.7 Å². The molecule has 0 bridgehead atoms. The highest BCUT2D eigenvalue weighted by Crippen LogP contribution is 2.39. The zero-order chi connectivity index (χ0) is 9.61. The van der Waals surface area contributed by atoms with E-state index in [0.29, 0.717) is 0 Å². The Balaban J connectivity index is 3.63. The van der Waals surface area contributed by atoms with E-state index in [0.717, 1.165) is 13.2 Å². The number of carbonyl (C=O) groups excluding carboxylic acids is 1. The van der Waals surface area contributed by atoms with Crippen LogP contribution in [-0.2, 0) is 13.9 Å². The van der Waals surface area contributed by atoms with Crippen molar-refractivity contribution in [1.29, 1.82) is 0 Å². The molecule has 0 saturated carbocycles. The Labute approximate surface area is 71.0 Å². The molecule has 0 aliphatic heterocycles. The van der Waals surface area contributed by atoms with Crippen molar-refractivity contribution in [3.8, 4) is 0 Å². The van der Waals surface area contributed by atoms with Crippen LogP contribution in [0.5, 0.6) is 0 Å². The zero-order valence-electron chi connectivity index (χ0n) is 6.82. The minimum Gasteiger partial charge on any atom is -0.352 e. The standard InChI is InChI=1S/C6H12NO4P/c1-3-6(8)7-4-5-12(9,10)11-2/h3H,1,4-5H2,2H3,(H,7,8)(H,9,10). The highest BCUT2D eigenvalue weighted by Gasteiger charge is 2.15. The lowest BCUT2D eigenvalue weighted by molar-refractivity contribution is -0.116. The van der Waals surface area contributed by atoms with Crippen LogP contribution in [0.1, 0.15) is 0 Å². The van der Waals surface area contributed by atoms with Gasteiger partial charge in [0.1, 0.15) is 0 Å². The van der Waals surface area contributed by atoms with Crippen molar-refractivity contribution in [3.05, 3.63) is 12.7 Å². The smallest absolute Gasteiger partial charge is 0.329 e. The topological polar surface area (TPSA) is 75.6 Å². The van der Waals surface area contributed by atoms with Gasteiger partial charge < -0.3 is 14.7 Å². The normalized spacial score (nSPS) is 14.8.